The zero-order valence-electron chi connectivity index (χ0n) is 11.8. The number of nitrogens with one attached hydrogen (secondary N) is 1. The first-order valence-corrected chi connectivity index (χ1v) is 9.10. The second-order valence-corrected chi connectivity index (χ2v) is 7.63. The highest BCUT2D eigenvalue weighted by Gasteiger charge is 2.26. The number of aromatic nitrogens is 3. The first kappa shape index (κ1) is 15.5. The topological polar surface area (TPSA) is 84.9 Å². The fourth-order valence-electron chi connectivity index (χ4n) is 2.38. The molecule has 0 spiro atoms. The van der Waals surface area contributed by atoms with Gasteiger partial charge in [-0.2, -0.15) is 10.1 Å². The molecule has 0 saturated carbocycles. The summed E-state index contributed by atoms with van der Waals surface area (Å²) in [5.41, 5.74) is 0.705. The summed E-state index contributed by atoms with van der Waals surface area (Å²) in [5, 5.41) is 6.97. The van der Waals surface area contributed by atoms with Crippen molar-refractivity contribution < 1.29 is 13.2 Å². The highest BCUT2D eigenvalue weighted by molar-refractivity contribution is 7.91. The molecule has 6 nitrogen and oxygen atoms in total. The van der Waals surface area contributed by atoms with Crippen LogP contribution in [0.15, 0.2) is 29.4 Å². The number of rotatable bonds is 4. The standard InChI is InChI=1S/C14H16ClN3O3S/c15-11-6-4-10(5-7-11)13-16-14(18-17-13)22(19,20)9-12-3-1-2-8-21-12/h4-7,12H,1-3,8-9H2,(H,16,17,18). The Hall–Kier alpha value is -1.44. The quantitative estimate of drug-likeness (QED) is 0.923. The maximum absolute atomic E-state index is 12.4. The third kappa shape index (κ3) is 3.48. The number of halogens is 1. The molecule has 8 heteroatoms. The molecule has 1 atom stereocenters. The molecule has 1 saturated heterocycles. The summed E-state index contributed by atoms with van der Waals surface area (Å²) in [6.07, 6.45) is 2.48. The Kier molecular flexibility index (Phi) is 4.46. The lowest BCUT2D eigenvalue weighted by Gasteiger charge is -2.21. The summed E-state index contributed by atoms with van der Waals surface area (Å²) in [7, 11) is -3.54. The third-order valence-corrected chi connectivity index (χ3v) is 5.38. The molecule has 1 N–H and O–H groups in total. The second kappa shape index (κ2) is 6.36. The zero-order chi connectivity index (χ0) is 15.6. The number of H-pyrrole nitrogens is 1. The van der Waals surface area contributed by atoms with Crippen LogP contribution in [0.25, 0.3) is 11.4 Å². The molecule has 1 aliphatic rings. The molecule has 0 bridgehead atoms. The van der Waals surface area contributed by atoms with Gasteiger partial charge in [0.05, 0.1) is 11.9 Å². The van der Waals surface area contributed by atoms with Crippen molar-refractivity contribution in [3.63, 3.8) is 0 Å². The van der Waals surface area contributed by atoms with Crippen LogP contribution in [0.2, 0.25) is 5.02 Å². The van der Waals surface area contributed by atoms with Gasteiger partial charge in [-0.25, -0.2) is 13.5 Å². The first-order chi connectivity index (χ1) is 10.5. The zero-order valence-corrected chi connectivity index (χ0v) is 13.4. The van der Waals surface area contributed by atoms with E-state index in [0.717, 1.165) is 19.3 Å². The second-order valence-electron chi connectivity index (χ2n) is 5.24. The van der Waals surface area contributed by atoms with Crippen LogP contribution in [-0.2, 0) is 14.6 Å². The van der Waals surface area contributed by atoms with Gasteiger partial charge in [0.25, 0.3) is 0 Å². The van der Waals surface area contributed by atoms with Gasteiger partial charge in [0, 0.05) is 17.2 Å². The summed E-state index contributed by atoms with van der Waals surface area (Å²) in [4.78, 5) is 4.09. The minimum Gasteiger partial charge on any atom is -0.377 e. The Labute approximate surface area is 133 Å². The lowest BCUT2D eigenvalue weighted by Crippen LogP contribution is -2.28. The van der Waals surface area contributed by atoms with Crippen LogP contribution in [0.3, 0.4) is 0 Å². The lowest BCUT2D eigenvalue weighted by molar-refractivity contribution is 0.0304. The molecule has 118 valence electrons. The van der Waals surface area contributed by atoms with E-state index in [2.05, 4.69) is 15.2 Å². The van der Waals surface area contributed by atoms with Gasteiger partial charge in [-0.05, 0) is 43.5 Å². The Balaban J connectivity index is 1.78. The average molecular weight is 342 g/mol. The summed E-state index contributed by atoms with van der Waals surface area (Å²) in [6, 6.07) is 6.90. The normalized spacial score (nSPS) is 19.2. The van der Waals surface area contributed by atoms with Crippen LogP contribution < -0.4 is 0 Å². The van der Waals surface area contributed by atoms with Crippen LogP contribution in [0.1, 0.15) is 19.3 Å². The van der Waals surface area contributed by atoms with Crippen LogP contribution in [0.5, 0.6) is 0 Å². The molecule has 2 aromatic rings. The van der Waals surface area contributed by atoms with Crippen molar-refractivity contribution in [2.75, 3.05) is 12.4 Å². The lowest BCUT2D eigenvalue weighted by atomic mass is 10.1. The van der Waals surface area contributed by atoms with Gasteiger partial charge in [-0.3, -0.25) is 0 Å². The van der Waals surface area contributed by atoms with Crippen molar-refractivity contribution >= 4 is 21.4 Å². The van der Waals surface area contributed by atoms with E-state index < -0.39 is 9.84 Å². The van der Waals surface area contributed by atoms with E-state index in [4.69, 9.17) is 16.3 Å². The maximum atomic E-state index is 12.4. The van der Waals surface area contributed by atoms with Crippen molar-refractivity contribution in [3.05, 3.63) is 29.3 Å². The van der Waals surface area contributed by atoms with Crippen molar-refractivity contribution in [1.82, 2.24) is 15.2 Å². The molecule has 1 aliphatic heterocycles. The molecule has 0 amide bonds. The molecule has 3 rings (SSSR count). The predicted molar refractivity (Wildman–Crippen MR) is 82.5 cm³/mol. The number of ether oxygens (including phenoxy) is 1. The monoisotopic (exact) mass is 341 g/mol. The molecular weight excluding hydrogens is 326 g/mol. The number of hydrogen-bond donors (Lipinski definition) is 1. The highest BCUT2D eigenvalue weighted by atomic mass is 35.5. The van der Waals surface area contributed by atoms with Crippen LogP contribution in [0, 0.1) is 0 Å². The number of hydrogen-bond acceptors (Lipinski definition) is 5. The van der Waals surface area contributed by atoms with E-state index >= 15 is 0 Å². The number of aromatic amines is 1. The smallest absolute Gasteiger partial charge is 0.243 e. The van der Waals surface area contributed by atoms with E-state index in [1.165, 1.54) is 0 Å². The summed E-state index contributed by atoms with van der Waals surface area (Å²) >= 11 is 5.83. The van der Waals surface area contributed by atoms with E-state index in [1.807, 2.05) is 0 Å². The molecule has 2 heterocycles. The molecule has 1 fully saturated rings. The first-order valence-electron chi connectivity index (χ1n) is 7.07. The van der Waals surface area contributed by atoms with Crippen molar-refractivity contribution in [1.29, 1.82) is 0 Å². The predicted octanol–water partition coefficient (Wildman–Crippen LogP) is 2.47. The maximum Gasteiger partial charge on any atom is 0.243 e. The van der Waals surface area contributed by atoms with E-state index in [-0.39, 0.29) is 17.0 Å². The molecule has 1 unspecified atom stereocenters. The van der Waals surface area contributed by atoms with Gasteiger partial charge >= 0.3 is 0 Å². The molecular formula is C14H16ClN3O3S. The van der Waals surface area contributed by atoms with Gasteiger partial charge in [0.2, 0.25) is 15.0 Å². The van der Waals surface area contributed by atoms with Crippen molar-refractivity contribution in [2.24, 2.45) is 0 Å². The average Bonchev–Trinajstić information content (AvgIpc) is 2.99. The molecule has 22 heavy (non-hydrogen) atoms. The largest absolute Gasteiger partial charge is 0.377 e. The van der Waals surface area contributed by atoms with Gasteiger partial charge in [-0.1, -0.05) is 11.6 Å². The van der Waals surface area contributed by atoms with Crippen molar-refractivity contribution in [3.8, 4) is 11.4 Å². The van der Waals surface area contributed by atoms with E-state index in [0.29, 0.717) is 23.0 Å². The minimum absolute atomic E-state index is 0.0672. The van der Waals surface area contributed by atoms with Crippen LogP contribution in [-0.4, -0.2) is 42.1 Å². The van der Waals surface area contributed by atoms with Crippen LogP contribution >= 0.6 is 11.6 Å². The summed E-state index contributed by atoms with van der Waals surface area (Å²) < 4.78 is 30.2. The highest BCUT2D eigenvalue weighted by Crippen LogP contribution is 2.21. The van der Waals surface area contributed by atoms with E-state index in [1.54, 1.807) is 24.3 Å². The fourth-order valence-corrected chi connectivity index (χ4v) is 3.82. The molecule has 0 radical (unpaired) electrons. The number of benzene rings is 1. The fraction of sp³-hybridized carbons (Fsp3) is 0.429. The van der Waals surface area contributed by atoms with Crippen LogP contribution in [0.4, 0.5) is 0 Å². The molecule has 1 aromatic heterocycles. The Morgan fingerprint density at radius 1 is 1.27 bits per heavy atom. The van der Waals surface area contributed by atoms with Gasteiger partial charge in [0.1, 0.15) is 0 Å². The van der Waals surface area contributed by atoms with Crippen molar-refractivity contribution in [2.45, 2.75) is 30.5 Å². The Morgan fingerprint density at radius 2 is 2.05 bits per heavy atom. The molecule has 1 aromatic carbocycles. The van der Waals surface area contributed by atoms with Gasteiger partial charge in [-0.15, -0.1) is 0 Å². The van der Waals surface area contributed by atoms with Gasteiger partial charge < -0.3 is 4.74 Å². The Bertz CT molecular complexity index is 737. The van der Waals surface area contributed by atoms with E-state index in [9.17, 15) is 8.42 Å². The third-order valence-electron chi connectivity index (χ3n) is 3.54. The summed E-state index contributed by atoms with van der Waals surface area (Å²) in [6.45, 7) is 0.618. The molecule has 0 aliphatic carbocycles. The summed E-state index contributed by atoms with van der Waals surface area (Å²) in [5.74, 6) is 0.266. The minimum atomic E-state index is -3.54. The van der Waals surface area contributed by atoms with Gasteiger partial charge in [0.15, 0.2) is 5.82 Å². The number of nitrogens with zero attached hydrogens (tertiary/aromatic N) is 2. The SMILES string of the molecule is O=S(=O)(CC1CCCCO1)c1nc(-c2ccc(Cl)cc2)n[nH]1. The number of sulfone groups is 1. The Morgan fingerprint density at radius 3 is 2.73 bits per heavy atom.